The summed E-state index contributed by atoms with van der Waals surface area (Å²) in [4.78, 5) is 18.8. The average Bonchev–Trinajstić information content (AvgIpc) is 2.55. The lowest BCUT2D eigenvalue weighted by Gasteiger charge is -2.33. The molecule has 1 fully saturated rings. The Kier molecular flexibility index (Phi) is 5.77. The summed E-state index contributed by atoms with van der Waals surface area (Å²) in [5, 5.41) is 0. The third-order valence-electron chi connectivity index (χ3n) is 3.94. The van der Waals surface area contributed by atoms with Crippen molar-refractivity contribution in [3.05, 3.63) is 29.6 Å². The molecule has 0 unspecified atom stereocenters. The molecule has 0 radical (unpaired) electrons. The molecule has 2 rings (SSSR count). The quantitative estimate of drug-likeness (QED) is 0.866. The largest absolute Gasteiger partial charge is 0.336 e. The number of rotatable bonds is 3. The van der Waals surface area contributed by atoms with Crippen molar-refractivity contribution in [2.75, 3.05) is 13.1 Å². The molecule has 0 aliphatic heterocycles. The molecular weight excluding hydrogens is 262 g/mol. The second kappa shape index (κ2) is 7.80. The maximum atomic E-state index is 12.7. The van der Waals surface area contributed by atoms with Gasteiger partial charge in [0.2, 0.25) is 0 Å². The number of nitrogens with zero attached hydrogens (tertiary/aromatic N) is 2. The molecule has 0 spiro atoms. The number of hydrogen-bond donors (Lipinski definition) is 1. The van der Waals surface area contributed by atoms with Crippen LogP contribution in [0, 0.1) is 11.8 Å². The van der Waals surface area contributed by atoms with Gasteiger partial charge in [0.1, 0.15) is 0 Å². The molecule has 1 aromatic rings. The summed E-state index contributed by atoms with van der Waals surface area (Å²) >= 11 is 0. The molecule has 1 amide bonds. The third-order valence-corrected chi connectivity index (χ3v) is 3.94. The highest BCUT2D eigenvalue weighted by molar-refractivity contribution is 5.94. The van der Waals surface area contributed by atoms with E-state index in [1.807, 2.05) is 17.9 Å². The molecule has 1 aliphatic rings. The lowest BCUT2D eigenvalue weighted by Crippen LogP contribution is -2.41. The van der Waals surface area contributed by atoms with Crippen molar-refractivity contribution in [3.8, 4) is 11.8 Å². The second-order valence-corrected chi connectivity index (χ2v) is 5.35. The highest BCUT2D eigenvalue weighted by Gasteiger charge is 2.25. The van der Waals surface area contributed by atoms with E-state index < -0.39 is 0 Å². The van der Waals surface area contributed by atoms with Crippen LogP contribution in [0.25, 0.3) is 0 Å². The van der Waals surface area contributed by atoms with Gasteiger partial charge in [0.15, 0.2) is 0 Å². The van der Waals surface area contributed by atoms with Crippen LogP contribution in [0.2, 0.25) is 0 Å². The highest BCUT2D eigenvalue weighted by Crippen LogP contribution is 2.23. The maximum Gasteiger partial charge on any atom is 0.255 e. The monoisotopic (exact) mass is 285 g/mol. The molecule has 1 aromatic heterocycles. The molecule has 1 saturated carbocycles. The summed E-state index contributed by atoms with van der Waals surface area (Å²) in [5.74, 6) is 5.78. The van der Waals surface area contributed by atoms with E-state index in [9.17, 15) is 4.79 Å². The lowest BCUT2D eigenvalue weighted by atomic mass is 9.93. The van der Waals surface area contributed by atoms with Gasteiger partial charge in [0.05, 0.1) is 12.1 Å². The van der Waals surface area contributed by atoms with Crippen molar-refractivity contribution < 1.29 is 4.79 Å². The van der Waals surface area contributed by atoms with E-state index in [2.05, 4.69) is 16.8 Å². The minimum Gasteiger partial charge on any atom is -0.336 e. The number of aromatic nitrogens is 1. The van der Waals surface area contributed by atoms with Crippen molar-refractivity contribution in [2.24, 2.45) is 5.73 Å². The van der Waals surface area contributed by atoms with E-state index in [1.54, 1.807) is 12.4 Å². The van der Waals surface area contributed by atoms with E-state index in [-0.39, 0.29) is 5.91 Å². The summed E-state index contributed by atoms with van der Waals surface area (Å²) < 4.78 is 0. The predicted octanol–water partition coefficient (Wildman–Crippen LogP) is 2.19. The molecule has 1 heterocycles. The second-order valence-electron chi connectivity index (χ2n) is 5.35. The zero-order chi connectivity index (χ0) is 15.1. The van der Waals surface area contributed by atoms with Crippen LogP contribution in [0.15, 0.2) is 18.5 Å². The van der Waals surface area contributed by atoms with Gasteiger partial charge in [0.25, 0.3) is 5.91 Å². The summed E-state index contributed by atoms with van der Waals surface area (Å²) in [5.41, 5.74) is 6.73. The van der Waals surface area contributed by atoms with E-state index in [4.69, 9.17) is 5.73 Å². The first-order valence-electron chi connectivity index (χ1n) is 7.71. The summed E-state index contributed by atoms with van der Waals surface area (Å²) in [6, 6.07) is 2.18. The number of hydrogen-bond acceptors (Lipinski definition) is 3. The Hall–Kier alpha value is -1.86. The topological polar surface area (TPSA) is 59.2 Å². The van der Waals surface area contributed by atoms with Gasteiger partial charge in [-0.25, -0.2) is 0 Å². The smallest absolute Gasteiger partial charge is 0.255 e. The molecule has 4 nitrogen and oxygen atoms in total. The van der Waals surface area contributed by atoms with E-state index >= 15 is 0 Å². The van der Waals surface area contributed by atoms with Crippen LogP contribution >= 0.6 is 0 Å². The molecule has 0 aromatic carbocycles. The summed E-state index contributed by atoms with van der Waals surface area (Å²) in [6.45, 7) is 3.08. The zero-order valence-corrected chi connectivity index (χ0v) is 12.6. The number of carbonyl (C=O) groups excluding carboxylic acids is 1. The van der Waals surface area contributed by atoms with Gasteiger partial charge in [-0.05, 0) is 25.8 Å². The minimum atomic E-state index is 0.0632. The normalized spacial score (nSPS) is 15.1. The zero-order valence-electron chi connectivity index (χ0n) is 12.6. The Morgan fingerprint density at radius 1 is 1.38 bits per heavy atom. The van der Waals surface area contributed by atoms with E-state index in [1.165, 1.54) is 19.3 Å². The van der Waals surface area contributed by atoms with Gasteiger partial charge in [-0.3, -0.25) is 9.78 Å². The number of amides is 1. The standard InChI is InChI=1S/C17H23N3O/c1-2-20(16-8-4-3-5-9-16)17(21)15-11-14(7-6-10-18)12-19-13-15/h11-13,16H,2-5,8-10,18H2,1H3. The SMILES string of the molecule is CCN(C(=O)c1cncc(C#CCN)c1)C1CCCCC1. The predicted molar refractivity (Wildman–Crippen MR) is 83.8 cm³/mol. The molecule has 0 saturated heterocycles. The Morgan fingerprint density at radius 3 is 2.81 bits per heavy atom. The molecule has 1 aliphatic carbocycles. The Morgan fingerprint density at radius 2 is 2.14 bits per heavy atom. The van der Waals surface area contributed by atoms with E-state index in [0.717, 1.165) is 24.9 Å². The first kappa shape index (κ1) is 15.5. The van der Waals surface area contributed by atoms with Crippen LogP contribution < -0.4 is 5.73 Å². The molecule has 4 heteroatoms. The molecular formula is C17H23N3O. The van der Waals surface area contributed by atoms with Crippen LogP contribution in [0.3, 0.4) is 0 Å². The molecule has 112 valence electrons. The lowest BCUT2D eigenvalue weighted by molar-refractivity contribution is 0.0647. The van der Waals surface area contributed by atoms with Crippen LogP contribution in [-0.4, -0.2) is 34.9 Å². The van der Waals surface area contributed by atoms with Crippen molar-refractivity contribution in [2.45, 2.75) is 45.1 Å². The first-order chi connectivity index (χ1) is 10.3. The van der Waals surface area contributed by atoms with Crippen molar-refractivity contribution in [3.63, 3.8) is 0 Å². The molecule has 0 atom stereocenters. The van der Waals surface area contributed by atoms with Gasteiger partial charge in [-0.2, -0.15) is 0 Å². The van der Waals surface area contributed by atoms with Gasteiger partial charge in [-0.15, -0.1) is 0 Å². The molecule has 0 bridgehead atoms. The maximum absolute atomic E-state index is 12.7. The van der Waals surface area contributed by atoms with Crippen LogP contribution in [-0.2, 0) is 0 Å². The Labute approximate surface area is 126 Å². The Balaban J connectivity index is 2.16. The fourth-order valence-electron chi connectivity index (χ4n) is 2.90. The van der Waals surface area contributed by atoms with Gasteiger partial charge >= 0.3 is 0 Å². The minimum absolute atomic E-state index is 0.0632. The van der Waals surface area contributed by atoms with Crippen LogP contribution in [0.5, 0.6) is 0 Å². The van der Waals surface area contributed by atoms with Gasteiger partial charge < -0.3 is 10.6 Å². The highest BCUT2D eigenvalue weighted by atomic mass is 16.2. The van der Waals surface area contributed by atoms with Crippen LogP contribution in [0.4, 0.5) is 0 Å². The molecule has 2 N–H and O–H groups in total. The van der Waals surface area contributed by atoms with Crippen molar-refractivity contribution in [1.29, 1.82) is 0 Å². The summed E-state index contributed by atoms with van der Waals surface area (Å²) in [7, 11) is 0. The number of carbonyl (C=O) groups is 1. The average molecular weight is 285 g/mol. The van der Waals surface area contributed by atoms with Gasteiger partial charge in [-0.1, -0.05) is 31.1 Å². The fourth-order valence-corrected chi connectivity index (χ4v) is 2.90. The van der Waals surface area contributed by atoms with Crippen molar-refractivity contribution in [1.82, 2.24) is 9.88 Å². The number of nitrogens with two attached hydrogens (primary N) is 1. The van der Waals surface area contributed by atoms with Crippen molar-refractivity contribution >= 4 is 5.91 Å². The van der Waals surface area contributed by atoms with E-state index in [0.29, 0.717) is 18.2 Å². The van der Waals surface area contributed by atoms with Crippen LogP contribution in [0.1, 0.15) is 54.9 Å². The first-order valence-corrected chi connectivity index (χ1v) is 7.71. The number of pyridine rings is 1. The Bertz CT molecular complexity index is 538. The van der Waals surface area contributed by atoms with Gasteiger partial charge in [0, 0.05) is 30.5 Å². The summed E-state index contributed by atoms with van der Waals surface area (Å²) in [6.07, 6.45) is 9.23. The fraction of sp³-hybridized carbons (Fsp3) is 0.529. The third kappa shape index (κ3) is 4.05. The molecule has 21 heavy (non-hydrogen) atoms.